The van der Waals surface area contributed by atoms with Gasteiger partial charge in [0.15, 0.2) is 0 Å². The van der Waals surface area contributed by atoms with Crippen LogP contribution in [0.1, 0.15) is 5.56 Å². The Hall–Kier alpha value is -1.76. The number of hydrogen-bond donors (Lipinski definition) is 3. The van der Waals surface area contributed by atoms with Crippen LogP contribution in [0.25, 0.3) is 0 Å². The van der Waals surface area contributed by atoms with E-state index in [1.165, 1.54) is 22.9 Å². The van der Waals surface area contributed by atoms with Gasteiger partial charge in [-0.05, 0) is 12.1 Å². The summed E-state index contributed by atoms with van der Waals surface area (Å²) in [7, 11) is -4.33. The lowest BCUT2D eigenvalue weighted by Gasteiger charge is -2.12. The highest BCUT2D eigenvalue weighted by molar-refractivity contribution is 7.90. The summed E-state index contributed by atoms with van der Waals surface area (Å²) in [5.41, 5.74) is 5.59. The zero-order valence-electron chi connectivity index (χ0n) is 10.2. The number of nitrogens with one attached hydrogen (secondary N) is 2. The van der Waals surface area contributed by atoms with E-state index in [0.29, 0.717) is 5.56 Å². The van der Waals surface area contributed by atoms with E-state index < -0.39 is 22.9 Å². The second-order valence-electron chi connectivity index (χ2n) is 3.59. The average Bonchev–Trinajstić information content (AvgIpc) is 2.34. The summed E-state index contributed by atoms with van der Waals surface area (Å²) < 4.78 is 62.3. The van der Waals surface area contributed by atoms with Crippen LogP contribution in [0.2, 0.25) is 0 Å². The van der Waals surface area contributed by atoms with Gasteiger partial charge in [0.1, 0.15) is 6.54 Å². The maximum Gasteiger partial charge on any atom is 0.402 e. The van der Waals surface area contributed by atoms with Crippen LogP contribution in [0, 0.1) is 11.8 Å². The molecule has 1 rings (SSSR count). The van der Waals surface area contributed by atoms with Gasteiger partial charge in [0, 0.05) is 5.56 Å². The molecule has 0 aliphatic heterocycles. The van der Waals surface area contributed by atoms with E-state index in [0.717, 1.165) is 0 Å². The lowest BCUT2D eigenvalue weighted by Crippen LogP contribution is -2.37. The van der Waals surface area contributed by atoms with Gasteiger partial charge in [-0.25, -0.2) is 0 Å². The fourth-order valence-corrected chi connectivity index (χ4v) is 2.08. The average molecular weight is 307 g/mol. The Bertz CT molecular complexity index is 618. The maximum absolute atomic E-state index is 12.0. The largest absolute Gasteiger partial charge is 0.402 e. The molecule has 0 saturated heterocycles. The van der Waals surface area contributed by atoms with Crippen molar-refractivity contribution in [3.8, 4) is 11.8 Å². The van der Waals surface area contributed by atoms with Crippen molar-refractivity contribution >= 4 is 15.9 Å². The summed E-state index contributed by atoms with van der Waals surface area (Å²) in [6.45, 7) is -1.58. The van der Waals surface area contributed by atoms with Crippen LogP contribution in [0.5, 0.6) is 0 Å². The number of hydrogen-bond acceptors (Lipinski definition) is 3. The second kappa shape index (κ2) is 6.60. The minimum atomic E-state index is -4.63. The van der Waals surface area contributed by atoms with E-state index in [4.69, 9.17) is 5.73 Å². The van der Waals surface area contributed by atoms with Crippen LogP contribution in [-0.4, -0.2) is 27.7 Å². The normalized spacial score (nSPS) is 11.6. The maximum atomic E-state index is 12.0. The predicted octanol–water partition coefficient (Wildman–Crippen LogP) is 0.805. The Morgan fingerprint density at radius 1 is 1.25 bits per heavy atom. The molecule has 0 bridgehead atoms. The monoisotopic (exact) mass is 307 g/mol. The molecular weight excluding hydrogens is 295 g/mol. The summed E-state index contributed by atoms with van der Waals surface area (Å²) >= 11 is 0. The van der Waals surface area contributed by atoms with E-state index in [2.05, 4.69) is 11.8 Å². The highest BCUT2D eigenvalue weighted by Gasteiger charge is 2.29. The number of rotatable bonds is 4. The molecule has 0 amide bonds. The van der Waals surface area contributed by atoms with Crippen molar-refractivity contribution in [2.45, 2.75) is 6.18 Å². The first-order valence-electron chi connectivity index (χ1n) is 5.35. The lowest BCUT2D eigenvalue weighted by molar-refractivity contribution is -0.121. The third kappa shape index (κ3) is 5.92. The molecule has 0 heterocycles. The third-order valence-corrected chi connectivity index (χ3v) is 2.97. The minimum absolute atomic E-state index is 0.0723. The molecule has 0 spiro atoms. The molecule has 110 valence electrons. The van der Waals surface area contributed by atoms with Gasteiger partial charge >= 0.3 is 6.18 Å². The summed E-state index contributed by atoms with van der Waals surface area (Å²) in [6, 6.07) is 6.04. The van der Waals surface area contributed by atoms with Crippen LogP contribution >= 0.6 is 0 Å². The molecule has 1 aromatic carbocycles. The van der Waals surface area contributed by atoms with E-state index in [9.17, 15) is 21.6 Å². The first-order valence-corrected chi connectivity index (χ1v) is 6.84. The van der Waals surface area contributed by atoms with Crippen LogP contribution in [-0.2, 0) is 10.2 Å². The molecule has 5 nitrogen and oxygen atoms in total. The molecule has 20 heavy (non-hydrogen) atoms. The Morgan fingerprint density at radius 2 is 1.90 bits per heavy atom. The van der Waals surface area contributed by atoms with E-state index >= 15 is 0 Å². The summed E-state index contributed by atoms with van der Waals surface area (Å²) in [4.78, 5) is 0. The van der Waals surface area contributed by atoms with Crippen LogP contribution in [0.15, 0.2) is 24.3 Å². The number of anilines is 1. The Balaban J connectivity index is 2.87. The summed E-state index contributed by atoms with van der Waals surface area (Å²) in [5.74, 6) is 5.15. The number of nitrogens with two attached hydrogens (primary N) is 1. The van der Waals surface area contributed by atoms with Crippen molar-refractivity contribution in [2.75, 3.05) is 17.8 Å². The fraction of sp³-hybridized carbons (Fsp3) is 0.273. The van der Waals surface area contributed by atoms with Gasteiger partial charge in [-0.1, -0.05) is 24.0 Å². The van der Waals surface area contributed by atoms with Gasteiger partial charge in [0.05, 0.1) is 12.2 Å². The molecular formula is C11H12F3N3O2S. The van der Waals surface area contributed by atoms with Gasteiger partial charge in [0.2, 0.25) is 0 Å². The van der Waals surface area contributed by atoms with Gasteiger partial charge in [-0.3, -0.25) is 4.72 Å². The molecule has 0 aromatic heterocycles. The zero-order chi connectivity index (χ0) is 15.2. The number of benzene rings is 1. The van der Waals surface area contributed by atoms with Crippen LogP contribution in [0.3, 0.4) is 0 Å². The highest BCUT2D eigenvalue weighted by atomic mass is 32.2. The molecule has 4 N–H and O–H groups in total. The third-order valence-electron chi connectivity index (χ3n) is 1.96. The molecule has 0 aliphatic rings. The van der Waals surface area contributed by atoms with Crippen molar-refractivity contribution in [2.24, 2.45) is 5.73 Å². The molecule has 1 aromatic rings. The number of para-hydroxylation sites is 1. The van der Waals surface area contributed by atoms with E-state index in [-0.39, 0.29) is 12.2 Å². The van der Waals surface area contributed by atoms with Crippen LogP contribution in [0.4, 0.5) is 18.9 Å². The standard InChI is InChI=1S/C11H12F3N3O2S/c12-11(13,14)8-16-20(18,19)17-10-6-2-1-4-9(10)5-3-7-15/h1-2,4,6,16-17H,7-8,15H2. The SMILES string of the molecule is NCC#Cc1ccccc1NS(=O)(=O)NCC(F)(F)F. The molecule has 0 radical (unpaired) electrons. The zero-order valence-corrected chi connectivity index (χ0v) is 11.0. The van der Waals surface area contributed by atoms with Gasteiger partial charge in [0.25, 0.3) is 10.2 Å². The molecule has 0 atom stereocenters. The topological polar surface area (TPSA) is 84.2 Å². The minimum Gasteiger partial charge on any atom is -0.320 e. The van der Waals surface area contributed by atoms with E-state index in [1.807, 2.05) is 4.72 Å². The molecule has 0 unspecified atom stereocenters. The van der Waals surface area contributed by atoms with Crippen molar-refractivity contribution in [1.82, 2.24) is 4.72 Å². The van der Waals surface area contributed by atoms with Gasteiger partial charge in [-0.15, -0.1) is 0 Å². The smallest absolute Gasteiger partial charge is 0.320 e. The number of alkyl halides is 3. The summed E-state index contributed by atoms with van der Waals surface area (Å²) in [5, 5.41) is 0. The molecule has 0 aliphatic carbocycles. The van der Waals surface area contributed by atoms with Gasteiger partial charge < -0.3 is 5.73 Å². The fourth-order valence-electron chi connectivity index (χ4n) is 1.19. The van der Waals surface area contributed by atoms with Gasteiger partial charge in [-0.2, -0.15) is 26.3 Å². The van der Waals surface area contributed by atoms with E-state index in [1.54, 1.807) is 6.07 Å². The van der Waals surface area contributed by atoms with Crippen LogP contribution < -0.4 is 15.2 Å². The van der Waals surface area contributed by atoms with Crippen molar-refractivity contribution in [1.29, 1.82) is 0 Å². The molecule has 0 saturated carbocycles. The van der Waals surface area contributed by atoms with Crippen molar-refractivity contribution in [3.63, 3.8) is 0 Å². The Labute approximate surface area is 114 Å². The lowest BCUT2D eigenvalue weighted by atomic mass is 10.2. The molecule has 9 heteroatoms. The Kier molecular flexibility index (Phi) is 5.38. The Morgan fingerprint density at radius 3 is 2.50 bits per heavy atom. The highest BCUT2D eigenvalue weighted by Crippen LogP contribution is 2.16. The quantitative estimate of drug-likeness (QED) is 0.720. The predicted molar refractivity (Wildman–Crippen MR) is 69.0 cm³/mol. The second-order valence-corrected chi connectivity index (χ2v) is 5.09. The first-order chi connectivity index (χ1) is 9.23. The summed E-state index contributed by atoms with van der Waals surface area (Å²) in [6.07, 6.45) is -4.63. The van der Waals surface area contributed by atoms with Crippen molar-refractivity contribution in [3.05, 3.63) is 29.8 Å². The van der Waals surface area contributed by atoms with Crippen molar-refractivity contribution < 1.29 is 21.6 Å². The number of halogens is 3. The molecule has 0 fully saturated rings. The first kappa shape index (κ1) is 16.3.